The zero-order chi connectivity index (χ0) is 11.2. The van der Waals surface area contributed by atoms with Gasteiger partial charge in [-0.15, -0.1) is 17.3 Å². The van der Waals surface area contributed by atoms with Crippen LogP contribution in [0.2, 0.25) is 0 Å². The molecule has 2 rings (SSSR count). The van der Waals surface area contributed by atoms with Crippen LogP contribution in [0.5, 0.6) is 0 Å². The Morgan fingerprint density at radius 1 is 1.56 bits per heavy atom. The van der Waals surface area contributed by atoms with E-state index in [2.05, 4.69) is 22.0 Å². The number of hydrogen-bond acceptors (Lipinski definition) is 5. The minimum Gasteiger partial charge on any atom is -0.359 e. The van der Waals surface area contributed by atoms with Crippen molar-refractivity contribution in [2.75, 3.05) is 6.61 Å². The Morgan fingerprint density at radius 2 is 2.50 bits per heavy atom. The number of hydrogen-bond donors (Lipinski definition) is 0. The third kappa shape index (κ3) is 2.69. The summed E-state index contributed by atoms with van der Waals surface area (Å²) in [6.07, 6.45) is 0. The van der Waals surface area contributed by atoms with E-state index in [-0.39, 0.29) is 0 Å². The van der Waals surface area contributed by atoms with Gasteiger partial charge in [0, 0.05) is 0 Å². The summed E-state index contributed by atoms with van der Waals surface area (Å²) in [7, 11) is 0. The van der Waals surface area contributed by atoms with Crippen molar-refractivity contribution in [3.63, 3.8) is 0 Å². The number of ether oxygens (including phenoxy) is 1. The summed E-state index contributed by atoms with van der Waals surface area (Å²) in [6, 6.07) is 3.89. The van der Waals surface area contributed by atoms with Gasteiger partial charge in [-0.3, -0.25) is 0 Å². The molecule has 0 saturated carbocycles. The van der Waals surface area contributed by atoms with Crippen molar-refractivity contribution in [1.29, 1.82) is 0 Å². The number of nitrogens with zero attached hydrogens (tertiary/aromatic N) is 2. The van der Waals surface area contributed by atoms with E-state index in [1.54, 1.807) is 18.3 Å². The van der Waals surface area contributed by atoms with Crippen LogP contribution in [0, 0.1) is 11.8 Å². The topological polar surface area (TPSA) is 48.2 Å². The molecule has 82 valence electrons. The molecule has 0 amide bonds. The lowest BCUT2D eigenvalue weighted by Gasteiger charge is -1.91. The summed E-state index contributed by atoms with van der Waals surface area (Å²) in [6.45, 7) is 2.45. The lowest BCUT2D eigenvalue weighted by Crippen LogP contribution is -1.93. The van der Waals surface area contributed by atoms with E-state index in [1.165, 1.54) is 0 Å². The Kier molecular flexibility index (Phi) is 3.70. The maximum absolute atomic E-state index is 5.22. The van der Waals surface area contributed by atoms with Gasteiger partial charge in [-0.25, -0.2) is 0 Å². The quantitative estimate of drug-likeness (QED) is 0.601. The van der Waals surface area contributed by atoms with Gasteiger partial charge in [-0.2, -0.15) is 4.98 Å². The third-order valence-electron chi connectivity index (χ3n) is 1.79. The molecule has 2 aromatic rings. The van der Waals surface area contributed by atoms with Gasteiger partial charge >= 0.3 is 0 Å². The van der Waals surface area contributed by atoms with Crippen molar-refractivity contribution in [2.45, 2.75) is 13.5 Å². The molecular weight excluding hydrogens is 224 g/mol. The Labute approximate surface area is 97.3 Å². The molecule has 0 unspecified atom stereocenters. The van der Waals surface area contributed by atoms with E-state index < -0.39 is 0 Å². The fourth-order valence-corrected chi connectivity index (χ4v) is 1.73. The molecule has 0 saturated heterocycles. The second kappa shape index (κ2) is 5.45. The first-order valence-corrected chi connectivity index (χ1v) is 5.62. The van der Waals surface area contributed by atoms with Gasteiger partial charge in [0.25, 0.3) is 5.89 Å². The first-order chi connectivity index (χ1) is 7.90. The molecule has 2 aromatic heterocycles. The molecule has 0 atom stereocenters. The van der Waals surface area contributed by atoms with Crippen LogP contribution in [-0.2, 0) is 11.3 Å². The zero-order valence-corrected chi connectivity index (χ0v) is 9.58. The van der Waals surface area contributed by atoms with Crippen molar-refractivity contribution < 1.29 is 9.26 Å². The maximum Gasteiger partial charge on any atom is 0.253 e. The molecule has 0 aliphatic heterocycles. The van der Waals surface area contributed by atoms with E-state index in [4.69, 9.17) is 9.26 Å². The zero-order valence-electron chi connectivity index (χ0n) is 8.77. The van der Waals surface area contributed by atoms with E-state index in [0.717, 1.165) is 4.88 Å². The first kappa shape index (κ1) is 10.9. The highest BCUT2D eigenvalue weighted by atomic mass is 32.1. The van der Waals surface area contributed by atoms with Crippen molar-refractivity contribution in [3.8, 4) is 22.5 Å². The summed E-state index contributed by atoms with van der Waals surface area (Å²) in [5, 5.41) is 5.84. The van der Waals surface area contributed by atoms with E-state index in [1.807, 2.05) is 17.5 Å². The third-order valence-corrected chi connectivity index (χ3v) is 2.65. The minimum absolute atomic E-state index is 0.299. The largest absolute Gasteiger partial charge is 0.359 e. The SMILES string of the molecule is CC#CCOCc1nc(-c2cccs2)no1. The predicted octanol–water partition coefficient (Wildman–Crippen LogP) is 2.34. The molecular formula is C11H10N2O2S. The molecule has 5 heteroatoms. The standard InChI is InChI=1S/C11H10N2O2S/c1-2-3-6-14-8-10-12-11(13-15-10)9-5-4-7-16-9/h4-5,7H,6,8H2,1H3. The van der Waals surface area contributed by atoms with Crippen LogP contribution in [0.3, 0.4) is 0 Å². The second-order valence-corrected chi connectivity index (χ2v) is 3.86. The normalized spacial score (nSPS) is 9.81. The van der Waals surface area contributed by atoms with E-state index in [0.29, 0.717) is 24.9 Å². The van der Waals surface area contributed by atoms with Crippen LogP contribution in [0.4, 0.5) is 0 Å². The summed E-state index contributed by atoms with van der Waals surface area (Å²) in [4.78, 5) is 5.20. The minimum atomic E-state index is 0.299. The highest BCUT2D eigenvalue weighted by Crippen LogP contribution is 2.21. The Balaban J connectivity index is 1.94. The summed E-state index contributed by atoms with van der Waals surface area (Å²) in [5.41, 5.74) is 0. The number of aromatic nitrogens is 2. The number of thiophene rings is 1. The summed E-state index contributed by atoms with van der Waals surface area (Å²) >= 11 is 1.57. The second-order valence-electron chi connectivity index (χ2n) is 2.91. The molecule has 0 aliphatic rings. The van der Waals surface area contributed by atoms with Crippen LogP contribution in [-0.4, -0.2) is 16.7 Å². The van der Waals surface area contributed by atoms with Gasteiger partial charge in [0.05, 0.1) is 4.88 Å². The first-order valence-electron chi connectivity index (χ1n) is 4.74. The van der Waals surface area contributed by atoms with Crippen molar-refractivity contribution in [3.05, 3.63) is 23.4 Å². The van der Waals surface area contributed by atoms with Gasteiger partial charge in [0.15, 0.2) is 0 Å². The predicted molar refractivity (Wildman–Crippen MR) is 60.7 cm³/mol. The van der Waals surface area contributed by atoms with Crippen LogP contribution in [0.25, 0.3) is 10.7 Å². The van der Waals surface area contributed by atoms with Crippen molar-refractivity contribution in [2.24, 2.45) is 0 Å². The van der Waals surface area contributed by atoms with Gasteiger partial charge < -0.3 is 9.26 Å². The Hall–Kier alpha value is -1.64. The lowest BCUT2D eigenvalue weighted by atomic mass is 10.4. The highest BCUT2D eigenvalue weighted by molar-refractivity contribution is 7.13. The molecule has 0 aromatic carbocycles. The molecule has 4 nitrogen and oxygen atoms in total. The van der Waals surface area contributed by atoms with Crippen LogP contribution in [0.15, 0.2) is 22.0 Å². The molecule has 0 fully saturated rings. The van der Waals surface area contributed by atoms with E-state index in [9.17, 15) is 0 Å². The van der Waals surface area contributed by atoms with Gasteiger partial charge in [-0.1, -0.05) is 17.1 Å². The van der Waals surface area contributed by atoms with Gasteiger partial charge in [0.1, 0.15) is 13.2 Å². The lowest BCUT2D eigenvalue weighted by molar-refractivity contribution is 0.125. The van der Waals surface area contributed by atoms with Crippen molar-refractivity contribution in [1.82, 2.24) is 10.1 Å². The Morgan fingerprint density at radius 3 is 3.25 bits per heavy atom. The van der Waals surface area contributed by atoms with Crippen LogP contribution >= 0.6 is 11.3 Å². The van der Waals surface area contributed by atoms with Crippen LogP contribution < -0.4 is 0 Å². The molecule has 0 radical (unpaired) electrons. The Bertz CT molecular complexity index is 494. The molecule has 0 spiro atoms. The average molecular weight is 234 g/mol. The van der Waals surface area contributed by atoms with E-state index >= 15 is 0 Å². The summed E-state index contributed by atoms with van der Waals surface area (Å²) in [5.74, 6) is 6.61. The van der Waals surface area contributed by atoms with Crippen LogP contribution in [0.1, 0.15) is 12.8 Å². The fraction of sp³-hybridized carbons (Fsp3) is 0.273. The summed E-state index contributed by atoms with van der Waals surface area (Å²) < 4.78 is 10.3. The van der Waals surface area contributed by atoms with Gasteiger partial charge in [0.2, 0.25) is 5.82 Å². The molecule has 0 aliphatic carbocycles. The molecule has 0 N–H and O–H groups in total. The maximum atomic E-state index is 5.22. The average Bonchev–Trinajstić information content (AvgIpc) is 2.94. The van der Waals surface area contributed by atoms with Crippen molar-refractivity contribution >= 4 is 11.3 Å². The monoisotopic (exact) mass is 234 g/mol. The molecule has 16 heavy (non-hydrogen) atoms. The highest BCUT2D eigenvalue weighted by Gasteiger charge is 2.08. The fourth-order valence-electron chi connectivity index (χ4n) is 1.08. The van der Waals surface area contributed by atoms with Gasteiger partial charge in [-0.05, 0) is 18.4 Å². The molecule has 2 heterocycles. The number of rotatable bonds is 4. The molecule has 0 bridgehead atoms. The smallest absolute Gasteiger partial charge is 0.253 e.